The molecule has 2 aromatic rings. The van der Waals surface area contributed by atoms with Crippen molar-refractivity contribution in [1.82, 2.24) is 4.90 Å². The average Bonchev–Trinajstić information content (AvgIpc) is 3.27. The lowest BCUT2D eigenvalue weighted by molar-refractivity contribution is -0.123. The molecule has 2 aromatic carbocycles. The van der Waals surface area contributed by atoms with Crippen LogP contribution >= 0.6 is 23.4 Å². The molecule has 2 amide bonds. The molecule has 1 fully saturated rings. The Hall–Kier alpha value is -2.89. The lowest BCUT2D eigenvalue weighted by Crippen LogP contribution is -2.27. The van der Waals surface area contributed by atoms with Crippen LogP contribution in [-0.4, -0.2) is 44.6 Å². The van der Waals surface area contributed by atoms with Crippen LogP contribution in [0.3, 0.4) is 0 Å². The van der Waals surface area contributed by atoms with E-state index in [0.29, 0.717) is 27.6 Å². The molecule has 2 heterocycles. The van der Waals surface area contributed by atoms with Gasteiger partial charge < -0.3 is 18.4 Å². The fourth-order valence-corrected chi connectivity index (χ4v) is 4.56. The van der Waals surface area contributed by atoms with Gasteiger partial charge in [0.1, 0.15) is 0 Å². The third-order valence-corrected chi connectivity index (χ3v) is 6.21. The number of ether oxygens (including phenoxy) is 3. The minimum absolute atomic E-state index is 0.0118. The topological polar surface area (TPSA) is 108 Å². The summed E-state index contributed by atoms with van der Waals surface area (Å²) in [5.41, 5.74) is 1.07. The first-order valence-electron chi connectivity index (χ1n) is 9.05. The number of thioether (sulfide) groups is 1. The summed E-state index contributed by atoms with van der Waals surface area (Å²) in [5.74, 6) is 0.692. The summed E-state index contributed by atoms with van der Waals surface area (Å²) in [5, 5.41) is -0.0949. The second-order valence-electron chi connectivity index (χ2n) is 6.76. The van der Waals surface area contributed by atoms with E-state index in [0.717, 1.165) is 22.9 Å². The molecule has 0 aliphatic carbocycles. The van der Waals surface area contributed by atoms with Crippen LogP contribution in [0.5, 0.6) is 23.0 Å². The maximum Gasteiger partial charge on any atom is 0.306 e. The van der Waals surface area contributed by atoms with Crippen molar-refractivity contribution in [2.45, 2.75) is 6.54 Å². The first-order chi connectivity index (χ1) is 15.1. The summed E-state index contributed by atoms with van der Waals surface area (Å²) in [6.45, 7) is 0.0544. The predicted molar refractivity (Wildman–Crippen MR) is 118 cm³/mol. The first kappa shape index (κ1) is 22.3. The van der Waals surface area contributed by atoms with Gasteiger partial charge in [-0.1, -0.05) is 17.7 Å². The maximum atomic E-state index is 12.9. The summed E-state index contributed by atoms with van der Waals surface area (Å²) in [4.78, 5) is 26.6. The third-order valence-electron chi connectivity index (χ3n) is 4.47. The van der Waals surface area contributed by atoms with Crippen molar-refractivity contribution in [2.24, 2.45) is 0 Å². The van der Waals surface area contributed by atoms with Crippen LogP contribution in [0.4, 0.5) is 4.79 Å². The number of rotatable bonds is 6. The van der Waals surface area contributed by atoms with Crippen molar-refractivity contribution in [1.29, 1.82) is 0 Å². The van der Waals surface area contributed by atoms with Crippen LogP contribution in [0, 0.1) is 0 Å². The van der Waals surface area contributed by atoms with Gasteiger partial charge in [-0.25, -0.2) is 0 Å². The number of benzene rings is 2. The minimum Gasteiger partial charge on any atom is -0.493 e. The Morgan fingerprint density at radius 3 is 2.56 bits per heavy atom. The van der Waals surface area contributed by atoms with Crippen LogP contribution in [0.2, 0.25) is 5.02 Å². The second-order valence-corrected chi connectivity index (χ2v) is 9.74. The number of hydrogen-bond donors (Lipinski definition) is 0. The zero-order chi connectivity index (χ0) is 23.0. The smallest absolute Gasteiger partial charge is 0.306 e. The van der Waals surface area contributed by atoms with Gasteiger partial charge in [0.25, 0.3) is 11.1 Å². The Kier molecular flexibility index (Phi) is 5.97. The van der Waals surface area contributed by atoms with E-state index in [1.807, 2.05) is 0 Å². The summed E-state index contributed by atoms with van der Waals surface area (Å²) in [7, 11) is -2.38. The predicted octanol–water partition coefficient (Wildman–Crippen LogP) is 3.65. The van der Waals surface area contributed by atoms with Crippen LogP contribution in [0.25, 0.3) is 6.08 Å². The molecule has 0 saturated carbocycles. The molecule has 1 saturated heterocycles. The van der Waals surface area contributed by atoms with E-state index in [1.165, 1.54) is 25.3 Å². The van der Waals surface area contributed by atoms with Crippen molar-refractivity contribution in [2.75, 3.05) is 20.2 Å². The zero-order valence-corrected chi connectivity index (χ0v) is 19.2. The molecule has 0 bridgehead atoms. The standard InChI is InChI=1S/C20H16ClNO8S2/c1-27-15-5-11(3-4-14(15)30-32(2,25)26)6-18-19(23)22(20(24)31-18)9-12-7-16-17(8-13(12)21)29-10-28-16/h3-8H,9-10H2,1-2H3/b18-6-. The van der Waals surface area contributed by atoms with Crippen LogP contribution < -0.4 is 18.4 Å². The summed E-state index contributed by atoms with van der Waals surface area (Å²) >= 11 is 7.05. The van der Waals surface area contributed by atoms with Gasteiger partial charge in [0.15, 0.2) is 23.0 Å². The molecule has 0 aromatic heterocycles. The Labute approximate surface area is 193 Å². The maximum absolute atomic E-state index is 12.9. The van der Waals surface area contributed by atoms with Gasteiger partial charge in [-0.3, -0.25) is 14.5 Å². The Morgan fingerprint density at radius 1 is 1.16 bits per heavy atom. The number of nitrogens with zero attached hydrogens (tertiary/aromatic N) is 1. The molecule has 9 nitrogen and oxygen atoms in total. The molecule has 0 unspecified atom stereocenters. The largest absolute Gasteiger partial charge is 0.493 e. The Bertz CT molecular complexity index is 1260. The lowest BCUT2D eigenvalue weighted by Gasteiger charge is -2.14. The third kappa shape index (κ3) is 4.64. The van der Waals surface area contributed by atoms with Crippen molar-refractivity contribution in [3.8, 4) is 23.0 Å². The molecular weight excluding hydrogens is 482 g/mol. The van der Waals surface area contributed by atoms with E-state index >= 15 is 0 Å². The molecule has 0 spiro atoms. The van der Waals surface area contributed by atoms with Gasteiger partial charge in [0.2, 0.25) is 6.79 Å². The monoisotopic (exact) mass is 497 g/mol. The summed E-state index contributed by atoms with van der Waals surface area (Å²) in [6, 6.07) is 7.68. The highest BCUT2D eigenvalue weighted by atomic mass is 35.5. The van der Waals surface area contributed by atoms with Gasteiger partial charge in [-0.15, -0.1) is 0 Å². The Morgan fingerprint density at radius 2 is 1.88 bits per heavy atom. The van der Waals surface area contributed by atoms with Crippen molar-refractivity contribution in [3.05, 3.63) is 51.4 Å². The number of imide groups is 1. The van der Waals surface area contributed by atoms with E-state index in [1.54, 1.807) is 18.2 Å². The number of carbonyl (C=O) groups excluding carboxylic acids is 2. The molecule has 4 rings (SSSR count). The number of halogens is 1. The highest BCUT2D eigenvalue weighted by Crippen LogP contribution is 2.40. The average molecular weight is 498 g/mol. The van der Waals surface area contributed by atoms with E-state index < -0.39 is 21.3 Å². The molecular formula is C20H16ClNO8S2. The molecule has 0 N–H and O–H groups in total. The van der Waals surface area contributed by atoms with Crippen molar-refractivity contribution < 1.29 is 36.4 Å². The van der Waals surface area contributed by atoms with E-state index in [9.17, 15) is 18.0 Å². The first-order valence-corrected chi connectivity index (χ1v) is 12.1. The fourth-order valence-electron chi connectivity index (χ4n) is 3.04. The molecule has 168 valence electrons. The van der Waals surface area contributed by atoms with Gasteiger partial charge in [0.05, 0.1) is 24.8 Å². The van der Waals surface area contributed by atoms with Crippen LogP contribution in [0.15, 0.2) is 35.2 Å². The summed E-state index contributed by atoms with van der Waals surface area (Å²) < 4.78 is 43.4. The zero-order valence-electron chi connectivity index (χ0n) is 16.8. The SMILES string of the molecule is COc1cc(/C=C2\SC(=O)N(Cc3cc4c(cc3Cl)OCO4)C2=O)ccc1OS(C)(=O)=O. The van der Waals surface area contributed by atoms with E-state index in [-0.39, 0.29) is 29.7 Å². The quantitative estimate of drug-likeness (QED) is 0.436. The summed E-state index contributed by atoms with van der Waals surface area (Å²) in [6.07, 6.45) is 2.43. The number of carbonyl (C=O) groups is 2. The molecule has 32 heavy (non-hydrogen) atoms. The van der Waals surface area contributed by atoms with Gasteiger partial charge in [0, 0.05) is 11.1 Å². The Balaban J connectivity index is 1.56. The molecule has 12 heteroatoms. The van der Waals surface area contributed by atoms with Gasteiger partial charge in [-0.05, 0) is 47.2 Å². The molecule has 2 aliphatic heterocycles. The van der Waals surface area contributed by atoms with E-state index in [4.69, 9.17) is 30.0 Å². The second kappa shape index (κ2) is 8.57. The number of amides is 2. The number of methoxy groups -OCH3 is 1. The van der Waals surface area contributed by atoms with Crippen molar-refractivity contribution >= 4 is 50.7 Å². The molecule has 0 radical (unpaired) electrons. The minimum atomic E-state index is -3.74. The van der Waals surface area contributed by atoms with Crippen molar-refractivity contribution in [3.63, 3.8) is 0 Å². The number of fused-ring (bicyclic) bond motifs is 1. The fraction of sp³-hybridized carbons (Fsp3) is 0.200. The lowest BCUT2D eigenvalue weighted by atomic mass is 10.1. The molecule has 0 atom stereocenters. The number of hydrogen-bond acceptors (Lipinski definition) is 9. The van der Waals surface area contributed by atoms with E-state index in [2.05, 4.69) is 0 Å². The highest BCUT2D eigenvalue weighted by Gasteiger charge is 2.35. The van der Waals surface area contributed by atoms with Crippen LogP contribution in [-0.2, 0) is 21.5 Å². The van der Waals surface area contributed by atoms with Gasteiger partial charge in [-0.2, -0.15) is 8.42 Å². The normalized spacial score (nSPS) is 16.7. The molecule has 2 aliphatic rings. The van der Waals surface area contributed by atoms with Crippen LogP contribution in [0.1, 0.15) is 11.1 Å². The van der Waals surface area contributed by atoms with Gasteiger partial charge >= 0.3 is 10.1 Å². The highest BCUT2D eigenvalue weighted by molar-refractivity contribution is 8.18.